The fraction of sp³-hybridized carbons (Fsp3) is 0.625. The summed E-state index contributed by atoms with van der Waals surface area (Å²) in [6.07, 6.45) is 7.80. The zero-order chi connectivity index (χ0) is 14.5. The third-order valence-corrected chi connectivity index (χ3v) is 4.18. The number of hydrogen-bond acceptors (Lipinski definition) is 1. The highest BCUT2D eigenvalue weighted by molar-refractivity contribution is 5.46. The van der Waals surface area contributed by atoms with Crippen molar-refractivity contribution in [3.8, 4) is 0 Å². The molecule has 2 rings (SSSR count). The van der Waals surface area contributed by atoms with Crippen molar-refractivity contribution in [1.29, 1.82) is 0 Å². The van der Waals surface area contributed by atoms with Gasteiger partial charge < -0.3 is 5.32 Å². The van der Waals surface area contributed by atoms with Gasteiger partial charge in [-0.15, -0.1) is 0 Å². The third-order valence-electron chi connectivity index (χ3n) is 4.18. The summed E-state index contributed by atoms with van der Waals surface area (Å²) in [4.78, 5) is 0. The van der Waals surface area contributed by atoms with Crippen LogP contribution in [0, 0.1) is 23.4 Å². The number of anilines is 1. The van der Waals surface area contributed by atoms with Crippen LogP contribution in [0.25, 0.3) is 0 Å². The lowest BCUT2D eigenvalue weighted by Gasteiger charge is -2.18. The molecular weight excluding hydrogens is 263 g/mol. The zero-order valence-corrected chi connectivity index (χ0v) is 11.9. The smallest absolute Gasteiger partial charge is 0.196 e. The first-order valence-corrected chi connectivity index (χ1v) is 7.51. The van der Waals surface area contributed by atoms with Gasteiger partial charge in [-0.3, -0.25) is 0 Å². The Morgan fingerprint density at radius 1 is 1.05 bits per heavy atom. The van der Waals surface area contributed by atoms with E-state index in [2.05, 4.69) is 12.2 Å². The molecule has 0 amide bonds. The van der Waals surface area contributed by atoms with Crippen molar-refractivity contribution >= 4 is 5.69 Å². The molecular formula is C16H22F3N. The molecule has 4 heteroatoms. The molecule has 1 aromatic rings. The van der Waals surface area contributed by atoms with Crippen molar-refractivity contribution in [2.24, 2.45) is 5.92 Å². The van der Waals surface area contributed by atoms with Gasteiger partial charge in [0.1, 0.15) is 0 Å². The molecule has 2 atom stereocenters. The molecule has 1 aromatic carbocycles. The summed E-state index contributed by atoms with van der Waals surface area (Å²) in [7, 11) is 0. The van der Waals surface area contributed by atoms with Gasteiger partial charge in [-0.25, -0.2) is 13.2 Å². The summed E-state index contributed by atoms with van der Waals surface area (Å²) in [5.74, 6) is -2.90. The maximum absolute atomic E-state index is 13.6. The van der Waals surface area contributed by atoms with E-state index in [-0.39, 0.29) is 11.7 Å². The average Bonchev–Trinajstić information content (AvgIpc) is 2.66. The van der Waals surface area contributed by atoms with Gasteiger partial charge >= 0.3 is 0 Å². The van der Waals surface area contributed by atoms with E-state index in [0.29, 0.717) is 0 Å². The topological polar surface area (TPSA) is 12.0 Å². The lowest BCUT2D eigenvalue weighted by molar-refractivity contribution is 0.422. The summed E-state index contributed by atoms with van der Waals surface area (Å²) in [5, 5.41) is 3.04. The predicted octanol–water partition coefficient (Wildman–Crippen LogP) is 5.26. The first kappa shape index (κ1) is 15.2. The lowest BCUT2D eigenvalue weighted by Crippen LogP contribution is -2.19. The molecule has 2 unspecified atom stereocenters. The van der Waals surface area contributed by atoms with Crippen molar-refractivity contribution in [1.82, 2.24) is 0 Å². The van der Waals surface area contributed by atoms with Crippen LogP contribution >= 0.6 is 0 Å². The second-order valence-corrected chi connectivity index (χ2v) is 5.73. The Morgan fingerprint density at radius 3 is 2.60 bits per heavy atom. The van der Waals surface area contributed by atoms with Crippen molar-refractivity contribution in [2.45, 2.75) is 57.9 Å². The van der Waals surface area contributed by atoms with Gasteiger partial charge in [0.15, 0.2) is 17.5 Å². The SMILES string of the molecule is CCCC1CCCC(Nc2ccc(F)c(F)c2F)CC1. The minimum atomic E-state index is -1.40. The Morgan fingerprint density at radius 2 is 1.85 bits per heavy atom. The first-order chi connectivity index (χ1) is 9.61. The summed E-state index contributed by atoms with van der Waals surface area (Å²) in [6, 6.07) is 2.40. The summed E-state index contributed by atoms with van der Waals surface area (Å²) in [5.41, 5.74) is 0.0721. The van der Waals surface area contributed by atoms with E-state index in [0.717, 1.165) is 37.7 Å². The second kappa shape index (κ2) is 7.00. The van der Waals surface area contributed by atoms with E-state index in [9.17, 15) is 13.2 Å². The van der Waals surface area contributed by atoms with Crippen LogP contribution in [0.3, 0.4) is 0 Å². The molecule has 0 spiro atoms. The van der Waals surface area contributed by atoms with E-state index in [4.69, 9.17) is 0 Å². The molecule has 1 saturated carbocycles. The van der Waals surface area contributed by atoms with Gasteiger partial charge in [-0.2, -0.15) is 0 Å². The largest absolute Gasteiger partial charge is 0.380 e. The van der Waals surface area contributed by atoms with Crippen LogP contribution in [-0.2, 0) is 0 Å². The highest BCUT2D eigenvalue weighted by Gasteiger charge is 2.20. The van der Waals surface area contributed by atoms with Crippen LogP contribution in [0.1, 0.15) is 51.9 Å². The molecule has 112 valence electrons. The van der Waals surface area contributed by atoms with Crippen molar-refractivity contribution < 1.29 is 13.2 Å². The van der Waals surface area contributed by atoms with Crippen molar-refractivity contribution in [3.05, 3.63) is 29.6 Å². The molecule has 0 aliphatic heterocycles. The molecule has 0 aromatic heterocycles. The Balaban J connectivity index is 1.98. The van der Waals surface area contributed by atoms with E-state index in [1.165, 1.54) is 25.3 Å². The molecule has 20 heavy (non-hydrogen) atoms. The highest BCUT2D eigenvalue weighted by atomic mass is 19.2. The molecule has 1 nitrogen and oxygen atoms in total. The van der Waals surface area contributed by atoms with Gasteiger partial charge in [-0.1, -0.05) is 32.6 Å². The van der Waals surface area contributed by atoms with Crippen LogP contribution in [0.2, 0.25) is 0 Å². The lowest BCUT2D eigenvalue weighted by atomic mass is 9.95. The minimum Gasteiger partial charge on any atom is -0.380 e. The molecule has 0 bridgehead atoms. The number of rotatable bonds is 4. The monoisotopic (exact) mass is 285 g/mol. The molecule has 0 radical (unpaired) electrons. The molecule has 1 fully saturated rings. The predicted molar refractivity (Wildman–Crippen MR) is 75.2 cm³/mol. The van der Waals surface area contributed by atoms with Crippen molar-refractivity contribution in [2.75, 3.05) is 5.32 Å². The fourth-order valence-electron chi connectivity index (χ4n) is 3.08. The van der Waals surface area contributed by atoms with Gasteiger partial charge in [-0.05, 0) is 37.3 Å². The van der Waals surface area contributed by atoms with E-state index >= 15 is 0 Å². The van der Waals surface area contributed by atoms with Crippen molar-refractivity contribution in [3.63, 3.8) is 0 Å². The summed E-state index contributed by atoms with van der Waals surface area (Å²) >= 11 is 0. The van der Waals surface area contributed by atoms with Gasteiger partial charge in [0.2, 0.25) is 0 Å². The minimum absolute atomic E-state index is 0.0721. The molecule has 1 aliphatic carbocycles. The van der Waals surface area contributed by atoms with Gasteiger partial charge in [0, 0.05) is 6.04 Å². The van der Waals surface area contributed by atoms with E-state index in [1.54, 1.807) is 0 Å². The molecule has 1 aliphatic rings. The van der Waals surface area contributed by atoms with Crippen LogP contribution in [0.4, 0.5) is 18.9 Å². The van der Waals surface area contributed by atoms with Crippen LogP contribution < -0.4 is 5.32 Å². The Kier molecular flexibility index (Phi) is 5.32. The number of nitrogens with one attached hydrogen (secondary N) is 1. The average molecular weight is 285 g/mol. The van der Waals surface area contributed by atoms with Crippen LogP contribution in [-0.4, -0.2) is 6.04 Å². The van der Waals surface area contributed by atoms with Crippen LogP contribution in [0.5, 0.6) is 0 Å². The Hall–Kier alpha value is -1.19. The Bertz CT molecular complexity index is 448. The van der Waals surface area contributed by atoms with E-state index < -0.39 is 17.5 Å². The summed E-state index contributed by atoms with van der Waals surface area (Å²) in [6.45, 7) is 2.19. The Labute approximate surface area is 118 Å². The quantitative estimate of drug-likeness (QED) is 0.587. The maximum Gasteiger partial charge on any atom is 0.196 e. The number of halogens is 3. The molecule has 1 N–H and O–H groups in total. The fourth-order valence-corrected chi connectivity index (χ4v) is 3.08. The molecule has 0 saturated heterocycles. The van der Waals surface area contributed by atoms with Gasteiger partial charge in [0.25, 0.3) is 0 Å². The standard InChI is InChI=1S/C16H22F3N/c1-2-4-11-5-3-6-12(8-7-11)20-14-10-9-13(17)15(18)16(14)19/h9-12,20H,2-8H2,1H3. The van der Waals surface area contributed by atoms with E-state index in [1.807, 2.05) is 0 Å². The van der Waals surface area contributed by atoms with Crippen LogP contribution in [0.15, 0.2) is 12.1 Å². The number of benzene rings is 1. The summed E-state index contributed by atoms with van der Waals surface area (Å²) < 4.78 is 39.7. The maximum atomic E-state index is 13.6. The zero-order valence-electron chi connectivity index (χ0n) is 11.9. The first-order valence-electron chi connectivity index (χ1n) is 7.51. The number of hydrogen-bond donors (Lipinski definition) is 1. The second-order valence-electron chi connectivity index (χ2n) is 5.73. The third kappa shape index (κ3) is 3.68. The van der Waals surface area contributed by atoms with Gasteiger partial charge in [0.05, 0.1) is 5.69 Å². The normalized spacial score (nSPS) is 23.4. The molecule has 0 heterocycles. The highest BCUT2D eigenvalue weighted by Crippen LogP contribution is 2.29.